The van der Waals surface area contributed by atoms with Gasteiger partial charge in [0.2, 0.25) is 0 Å². The van der Waals surface area contributed by atoms with Crippen LogP contribution in [0.5, 0.6) is 0 Å². The van der Waals surface area contributed by atoms with Gasteiger partial charge in [0.1, 0.15) is 13.2 Å². The van der Waals surface area contributed by atoms with Gasteiger partial charge in [-0.15, -0.1) is 0 Å². The van der Waals surface area contributed by atoms with E-state index in [1.54, 1.807) is 0 Å². The monoisotopic (exact) mass is 931 g/mol. The number of carbonyl (C=O) groups is 3. The second-order valence-corrected chi connectivity index (χ2v) is 18.1. The first kappa shape index (κ1) is 63.3. The Morgan fingerprint density at radius 1 is 0.313 bits per heavy atom. The van der Waals surface area contributed by atoms with Gasteiger partial charge in [-0.1, -0.05) is 214 Å². The molecule has 0 aromatic carbocycles. The highest BCUT2D eigenvalue weighted by atomic mass is 16.6. The van der Waals surface area contributed by atoms with Crippen LogP contribution in [0.4, 0.5) is 0 Å². The third-order valence-electron chi connectivity index (χ3n) is 11.5. The van der Waals surface area contributed by atoms with E-state index in [0.717, 1.165) is 89.9 Å². The summed E-state index contributed by atoms with van der Waals surface area (Å²) in [7, 11) is 0. The summed E-state index contributed by atoms with van der Waals surface area (Å²) in [5.74, 6) is -0.975. The molecule has 0 radical (unpaired) electrons. The topological polar surface area (TPSA) is 78.9 Å². The average molecular weight is 931 g/mol. The molecule has 6 heteroatoms. The van der Waals surface area contributed by atoms with Crippen LogP contribution in [-0.4, -0.2) is 37.2 Å². The minimum absolute atomic E-state index is 0.105. The zero-order chi connectivity index (χ0) is 48.6. The van der Waals surface area contributed by atoms with E-state index in [1.165, 1.54) is 116 Å². The lowest BCUT2D eigenvalue weighted by Gasteiger charge is -2.18. The standard InChI is InChI=1S/C61H102O6/c1-4-7-10-13-16-19-22-25-28-30-33-36-39-42-45-48-51-54-60(63)66-57-58(56-65-59(62)53-50-47-44-41-38-35-32-27-24-21-18-15-12-9-6-3)67-61(64)55-52-49-46-43-40-37-34-31-29-26-23-20-17-14-11-8-5-2/h8,11,16-17,19-21,24-26,28-29,34,37,43,46,58H,4-7,9-10,12-15,18,22-23,27,30-33,35-36,38-42,44-45,47-57H2,1-3H3/b11-8-,19-16-,20-17-,24-21-,28-25-,29-26-,37-34-,46-43-/t58-/m0/s1. The Morgan fingerprint density at radius 2 is 0.597 bits per heavy atom. The van der Waals surface area contributed by atoms with Crippen molar-refractivity contribution in [2.24, 2.45) is 0 Å². The van der Waals surface area contributed by atoms with Crippen molar-refractivity contribution >= 4 is 17.9 Å². The van der Waals surface area contributed by atoms with Gasteiger partial charge < -0.3 is 14.2 Å². The largest absolute Gasteiger partial charge is 0.462 e. The molecule has 0 bridgehead atoms. The predicted octanol–water partition coefficient (Wildman–Crippen LogP) is 18.5. The first-order chi connectivity index (χ1) is 33.0. The Kier molecular flexibility index (Phi) is 51.9. The molecule has 0 amide bonds. The number of carbonyl (C=O) groups excluding carboxylic acids is 3. The quantitative estimate of drug-likeness (QED) is 0.0262. The van der Waals surface area contributed by atoms with Crippen molar-refractivity contribution in [3.63, 3.8) is 0 Å². The first-order valence-corrected chi connectivity index (χ1v) is 27.7. The van der Waals surface area contributed by atoms with Crippen molar-refractivity contribution in [2.75, 3.05) is 13.2 Å². The van der Waals surface area contributed by atoms with Crippen LogP contribution in [0.2, 0.25) is 0 Å². The lowest BCUT2D eigenvalue weighted by atomic mass is 10.1. The van der Waals surface area contributed by atoms with Crippen LogP contribution in [0.25, 0.3) is 0 Å². The SMILES string of the molecule is CC/C=C\C/C=C\C/C=C\C/C=C\C/C=C\CCCC(=O)O[C@H](COC(=O)CCCCCCCCC/C=C\C/C=C\CCCCC)COC(=O)CCCCCCCCC/C=C\CCCCCC. The summed E-state index contributed by atoms with van der Waals surface area (Å²) < 4.78 is 16.8. The molecule has 0 saturated heterocycles. The molecule has 0 aromatic rings. The van der Waals surface area contributed by atoms with Gasteiger partial charge in [0, 0.05) is 19.3 Å². The van der Waals surface area contributed by atoms with Crippen molar-refractivity contribution in [1.29, 1.82) is 0 Å². The smallest absolute Gasteiger partial charge is 0.306 e. The lowest BCUT2D eigenvalue weighted by molar-refractivity contribution is -0.167. The summed E-state index contributed by atoms with van der Waals surface area (Å²) in [6, 6.07) is 0. The second-order valence-electron chi connectivity index (χ2n) is 18.1. The predicted molar refractivity (Wildman–Crippen MR) is 288 cm³/mol. The van der Waals surface area contributed by atoms with E-state index in [1.807, 2.05) is 0 Å². The molecule has 0 aliphatic rings. The Balaban J connectivity index is 4.50. The molecule has 67 heavy (non-hydrogen) atoms. The summed E-state index contributed by atoms with van der Waals surface area (Å²) >= 11 is 0. The summed E-state index contributed by atoms with van der Waals surface area (Å²) in [5.41, 5.74) is 0. The highest BCUT2D eigenvalue weighted by Crippen LogP contribution is 2.14. The highest BCUT2D eigenvalue weighted by Gasteiger charge is 2.19. The van der Waals surface area contributed by atoms with E-state index in [-0.39, 0.29) is 37.5 Å². The van der Waals surface area contributed by atoms with Gasteiger partial charge in [-0.3, -0.25) is 14.4 Å². The molecule has 0 saturated carbocycles. The minimum Gasteiger partial charge on any atom is -0.462 e. The number of esters is 3. The van der Waals surface area contributed by atoms with Crippen molar-refractivity contribution in [3.8, 4) is 0 Å². The van der Waals surface area contributed by atoms with Crippen LogP contribution in [0.3, 0.4) is 0 Å². The molecule has 0 aliphatic carbocycles. The molecule has 0 spiro atoms. The molecule has 0 N–H and O–H groups in total. The van der Waals surface area contributed by atoms with Crippen LogP contribution in [-0.2, 0) is 28.6 Å². The Morgan fingerprint density at radius 3 is 1.00 bits per heavy atom. The highest BCUT2D eigenvalue weighted by molar-refractivity contribution is 5.71. The number of ether oxygens (including phenoxy) is 3. The van der Waals surface area contributed by atoms with Gasteiger partial charge in [0.05, 0.1) is 0 Å². The third-order valence-corrected chi connectivity index (χ3v) is 11.5. The van der Waals surface area contributed by atoms with E-state index in [9.17, 15) is 14.4 Å². The maximum absolute atomic E-state index is 12.8. The Bertz CT molecular complexity index is 1350. The third kappa shape index (κ3) is 53.2. The minimum atomic E-state index is -0.813. The maximum atomic E-state index is 12.8. The van der Waals surface area contributed by atoms with Crippen LogP contribution in [0.1, 0.15) is 252 Å². The summed E-state index contributed by atoms with van der Waals surface area (Å²) in [4.78, 5) is 38.1. The van der Waals surface area contributed by atoms with Crippen LogP contribution in [0.15, 0.2) is 97.2 Å². The van der Waals surface area contributed by atoms with Gasteiger partial charge >= 0.3 is 17.9 Å². The number of unbranched alkanes of at least 4 members (excludes halogenated alkanes) is 22. The zero-order valence-electron chi connectivity index (χ0n) is 43.6. The molecule has 6 nitrogen and oxygen atoms in total. The summed E-state index contributed by atoms with van der Waals surface area (Å²) in [5, 5.41) is 0. The molecule has 0 rings (SSSR count). The molecule has 382 valence electrons. The Hall–Kier alpha value is -3.67. The molecule has 0 heterocycles. The molecular formula is C61H102O6. The maximum Gasteiger partial charge on any atom is 0.306 e. The average Bonchev–Trinajstić information content (AvgIpc) is 3.33. The fraction of sp³-hybridized carbons (Fsp3) is 0.689. The van der Waals surface area contributed by atoms with Crippen molar-refractivity contribution in [1.82, 2.24) is 0 Å². The molecule has 0 unspecified atom stereocenters. The Labute approximate surface area is 413 Å². The number of hydrogen-bond acceptors (Lipinski definition) is 6. The van der Waals surface area contributed by atoms with E-state index in [4.69, 9.17) is 14.2 Å². The van der Waals surface area contributed by atoms with Gasteiger partial charge in [-0.2, -0.15) is 0 Å². The van der Waals surface area contributed by atoms with E-state index >= 15 is 0 Å². The molecule has 0 aromatic heterocycles. The van der Waals surface area contributed by atoms with Gasteiger partial charge in [0.15, 0.2) is 6.10 Å². The molecular weight excluding hydrogens is 829 g/mol. The van der Waals surface area contributed by atoms with Crippen LogP contribution in [0, 0.1) is 0 Å². The van der Waals surface area contributed by atoms with Crippen molar-refractivity contribution in [2.45, 2.75) is 258 Å². The van der Waals surface area contributed by atoms with Crippen molar-refractivity contribution < 1.29 is 28.6 Å². The van der Waals surface area contributed by atoms with Crippen molar-refractivity contribution in [3.05, 3.63) is 97.2 Å². The van der Waals surface area contributed by atoms with Crippen LogP contribution < -0.4 is 0 Å². The van der Waals surface area contributed by atoms with Gasteiger partial charge in [0.25, 0.3) is 0 Å². The number of rotatable bonds is 49. The number of hydrogen-bond donors (Lipinski definition) is 0. The fourth-order valence-electron chi connectivity index (χ4n) is 7.38. The zero-order valence-corrected chi connectivity index (χ0v) is 43.6. The second kappa shape index (κ2) is 54.9. The summed E-state index contributed by atoms with van der Waals surface area (Å²) in [6.45, 7) is 6.43. The van der Waals surface area contributed by atoms with Gasteiger partial charge in [-0.05, 0) is 116 Å². The lowest BCUT2D eigenvalue weighted by Crippen LogP contribution is -2.30. The first-order valence-electron chi connectivity index (χ1n) is 27.7. The van der Waals surface area contributed by atoms with Crippen LogP contribution >= 0.6 is 0 Å². The molecule has 0 aliphatic heterocycles. The summed E-state index contributed by atoms with van der Waals surface area (Å²) in [6.07, 6.45) is 72.5. The van der Waals surface area contributed by atoms with E-state index < -0.39 is 6.10 Å². The van der Waals surface area contributed by atoms with E-state index in [0.29, 0.717) is 19.3 Å². The molecule has 0 fully saturated rings. The molecule has 1 atom stereocenters. The fourth-order valence-corrected chi connectivity index (χ4v) is 7.38. The number of allylic oxidation sites excluding steroid dienone is 16. The normalized spacial score (nSPS) is 12.8. The van der Waals surface area contributed by atoms with Gasteiger partial charge in [-0.25, -0.2) is 0 Å². The van der Waals surface area contributed by atoms with E-state index in [2.05, 4.69) is 118 Å².